The molecule has 41 heavy (non-hydrogen) atoms. The average Bonchev–Trinajstić information content (AvgIpc) is 3.60. The zero-order chi connectivity index (χ0) is 29.1. The van der Waals surface area contributed by atoms with Crippen molar-refractivity contribution in [1.29, 1.82) is 0 Å². The number of aryl methyl sites for hydroxylation is 1. The number of anilines is 1. The first-order valence-corrected chi connectivity index (χ1v) is 13.9. The number of furan rings is 1. The first kappa shape index (κ1) is 28.4. The van der Waals surface area contributed by atoms with Gasteiger partial charge in [-0.3, -0.25) is 4.79 Å². The number of benzene rings is 1. The van der Waals surface area contributed by atoms with Crippen LogP contribution in [0.4, 0.5) is 10.5 Å². The Labute approximate surface area is 239 Å². The summed E-state index contributed by atoms with van der Waals surface area (Å²) in [6.45, 7) is 10.5. The number of nitrogens with zero attached hydrogens (tertiary/aromatic N) is 5. The molecule has 0 unspecified atom stereocenters. The normalized spacial score (nSPS) is 13.9. The smallest absolute Gasteiger partial charge is 0.410 e. The lowest BCUT2D eigenvalue weighted by Crippen LogP contribution is -2.36. The Balaban J connectivity index is 1.38. The lowest BCUT2D eigenvalue weighted by Gasteiger charge is -2.28. The molecular formula is C31H37N5O5. The Hall–Kier alpha value is -4.18. The molecule has 1 fully saturated rings. The van der Waals surface area contributed by atoms with Crippen LogP contribution >= 0.6 is 0 Å². The number of morpholine rings is 1. The highest BCUT2D eigenvalue weighted by atomic mass is 16.6. The maximum absolute atomic E-state index is 13.1. The standard InChI is InChI=1S/C31H37N5O5/c1-21-8-6-9-22(18-21)23-11-13-36(33-23)28-20-25(35-14-16-39-17-15-35)29-24(32-28)19-27(40-29)26(37)10-7-12-34(5)30(38)41-31(2,3)4/h6,8-9,11,13,18-20H,7,10,12,14-17H2,1-5H3. The monoisotopic (exact) mass is 559 g/mol. The highest BCUT2D eigenvalue weighted by Gasteiger charge is 2.23. The van der Waals surface area contributed by atoms with Gasteiger partial charge in [0.2, 0.25) is 0 Å². The molecule has 1 aliphatic heterocycles. The summed E-state index contributed by atoms with van der Waals surface area (Å²) in [6.07, 6.45) is 2.19. The summed E-state index contributed by atoms with van der Waals surface area (Å²) in [5.74, 6) is 0.743. The average molecular weight is 560 g/mol. The predicted octanol–water partition coefficient (Wildman–Crippen LogP) is 5.66. The minimum absolute atomic E-state index is 0.143. The number of Topliss-reactive ketones (excluding diaryl/α,β-unsaturated/α-hetero) is 1. The van der Waals surface area contributed by atoms with E-state index in [4.69, 9.17) is 24.0 Å². The van der Waals surface area contributed by atoms with Crippen LogP contribution in [0.5, 0.6) is 0 Å². The Morgan fingerprint density at radius 2 is 1.88 bits per heavy atom. The van der Waals surface area contributed by atoms with Crippen LogP contribution < -0.4 is 4.90 Å². The van der Waals surface area contributed by atoms with Crippen molar-refractivity contribution in [2.45, 2.75) is 46.1 Å². The second kappa shape index (κ2) is 11.7. The summed E-state index contributed by atoms with van der Waals surface area (Å²) in [5.41, 5.74) is 4.48. The Morgan fingerprint density at radius 1 is 1.10 bits per heavy atom. The minimum atomic E-state index is -0.572. The summed E-state index contributed by atoms with van der Waals surface area (Å²) >= 11 is 0. The number of aromatic nitrogens is 3. The first-order valence-electron chi connectivity index (χ1n) is 13.9. The van der Waals surface area contributed by atoms with Crippen molar-refractivity contribution in [3.63, 3.8) is 0 Å². The molecule has 0 atom stereocenters. The molecule has 1 saturated heterocycles. The van der Waals surface area contributed by atoms with E-state index >= 15 is 0 Å². The van der Waals surface area contributed by atoms with Crippen LogP contribution in [-0.2, 0) is 9.47 Å². The van der Waals surface area contributed by atoms with Crippen molar-refractivity contribution < 1.29 is 23.5 Å². The number of pyridine rings is 1. The number of ketones is 1. The lowest BCUT2D eigenvalue weighted by atomic mass is 10.1. The molecule has 0 bridgehead atoms. The van der Waals surface area contributed by atoms with E-state index in [2.05, 4.69) is 24.0 Å². The molecule has 0 spiro atoms. The molecule has 1 aromatic carbocycles. The molecular weight excluding hydrogens is 522 g/mol. The van der Waals surface area contributed by atoms with Crippen LogP contribution in [0.1, 0.15) is 49.7 Å². The summed E-state index contributed by atoms with van der Waals surface area (Å²) in [7, 11) is 1.67. The molecule has 216 valence electrons. The van der Waals surface area contributed by atoms with Crippen LogP contribution in [0.3, 0.4) is 0 Å². The van der Waals surface area contributed by atoms with E-state index in [1.54, 1.807) is 17.8 Å². The second-order valence-corrected chi connectivity index (χ2v) is 11.4. The molecule has 1 aliphatic rings. The fraction of sp³-hybridized carbons (Fsp3) is 0.419. The maximum Gasteiger partial charge on any atom is 0.410 e. The zero-order valence-corrected chi connectivity index (χ0v) is 24.3. The molecule has 0 radical (unpaired) electrons. The third kappa shape index (κ3) is 6.77. The van der Waals surface area contributed by atoms with E-state index in [9.17, 15) is 9.59 Å². The van der Waals surface area contributed by atoms with Gasteiger partial charge in [-0.2, -0.15) is 5.10 Å². The number of hydrogen-bond donors (Lipinski definition) is 0. The van der Waals surface area contributed by atoms with E-state index < -0.39 is 11.7 Å². The number of carbonyl (C=O) groups excluding carboxylic acids is 2. The van der Waals surface area contributed by atoms with Gasteiger partial charge in [-0.25, -0.2) is 14.5 Å². The Kier molecular flexibility index (Phi) is 8.12. The van der Waals surface area contributed by atoms with Crippen molar-refractivity contribution in [2.24, 2.45) is 0 Å². The third-order valence-corrected chi connectivity index (χ3v) is 6.81. The van der Waals surface area contributed by atoms with Gasteiger partial charge in [-0.15, -0.1) is 0 Å². The van der Waals surface area contributed by atoms with Crippen molar-refractivity contribution in [3.8, 4) is 17.1 Å². The summed E-state index contributed by atoms with van der Waals surface area (Å²) in [5, 5.41) is 4.79. The van der Waals surface area contributed by atoms with Gasteiger partial charge < -0.3 is 23.7 Å². The Bertz CT molecular complexity index is 1540. The first-order chi connectivity index (χ1) is 19.6. The Morgan fingerprint density at radius 3 is 2.61 bits per heavy atom. The largest absolute Gasteiger partial charge is 0.449 e. The summed E-state index contributed by atoms with van der Waals surface area (Å²) in [4.78, 5) is 33.8. The highest BCUT2D eigenvalue weighted by Crippen LogP contribution is 2.32. The van der Waals surface area contributed by atoms with Crippen LogP contribution in [0, 0.1) is 6.92 Å². The summed E-state index contributed by atoms with van der Waals surface area (Å²) in [6, 6.07) is 13.8. The number of rotatable bonds is 8. The second-order valence-electron chi connectivity index (χ2n) is 11.4. The lowest BCUT2D eigenvalue weighted by molar-refractivity contribution is 0.0295. The topological polar surface area (TPSA) is 103 Å². The third-order valence-electron chi connectivity index (χ3n) is 6.81. The minimum Gasteiger partial charge on any atom is -0.449 e. The fourth-order valence-electron chi connectivity index (χ4n) is 4.73. The van der Waals surface area contributed by atoms with E-state index in [1.165, 1.54) is 10.5 Å². The highest BCUT2D eigenvalue weighted by molar-refractivity contribution is 5.99. The van der Waals surface area contributed by atoms with Gasteiger partial charge in [0.05, 0.1) is 24.6 Å². The van der Waals surface area contributed by atoms with E-state index in [0.29, 0.717) is 56.2 Å². The van der Waals surface area contributed by atoms with E-state index in [-0.39, 0.29) is 18.0 Å². The van der Waals surface area contributed by atoms with Gasteiger partial charge in [-0.05, 0) is 46.2 Å². The molecule has 3 aromatic heterocycles. The molecule has 0 saturated carbocycles. The molecule has 5 rings (SSSR count). The molecule has 4 aromatic rings. The van der Waals surface area contributed by atoms with Gasteiger partial charge in [0.1, 0.15) is 11.1 Å². The predicted molar refractivity (Wildman–Crippen MR) is 157 cm³/mol. The van der Waals surface area contributed by atoms with Gasteiger partial charge >= 0.3 is 6.09 Å². The fourth-order valence-corrected chi connectivity index (χ4v) is 4.73. The molecule has 4 heterocycles. The quantitative estimate of drug-likeness (QED) is 0.255. The molecule has 10 heteroatoms. The van der Waals surface area contributed by atoms with Crippen LogP contribution in [0.25, 0.3) is 28.2 Å². The summed E-state index contributed by atoms with van der Waals surface area (Å²) < 4.78 is 18.8. The molecule has 0 aliphatic carbocycles. The number of amides is 1. The number of carbonyl (C=O) groups is 2. The van der Waals surface area contributed by atoms with Gasteiger partial charge in [0.15, 0.2) is 22.9 Å². The number of ether oxygens (including phenoxy) is 2. The van der Waals surface area contributed by atoms with Crippen molar-refractivity contribution in [3.05, 3.63) is 60.0 Å². The van der Waals surface area contributed by atoms with Crippen LogP contribution in [0.15, 0.2) is 53.1 Å². The van der Waals surface area contributed by atoms with Crippen molar-refractivity contribution in [2.75, 3.05) is 44.8 Å². The molecule has 1 amide bonds. The van der Waals surface area contributed by atoms with Gasteiger partial charge in [-0.1, -0.05) is 23.8 Å². The molecule has 0 N–H and O–H groups in total. The van der Waals surface area contributed by atoms with Crippen LogP contribution in [-0.4, -0.2) is 77.0 Å². The number of hydrogen-bond acceptors (Lipinski definition) is 8. The van der Waals surface area contributed by atoms with Gasteiger partial charge in [0, 0.05) is 57.0 Å². The van der Waals surface area contributed by atoms with Crippen molar-refractivity contribution in [1.82, 2.24) is 19.7 Å². The SMILES string of the molecule is Cc1cccc(-c2ccn(-c3cc(N4CCOCC4)c4oc(C(=O)CCCN(C)C(=O)OC(C)(C)C)cc4n3)n2)c1. The number of fused-ring (bicyclic) bond motifs is 1. The van der Waals surface area contributed by atoms with E-state index in [0.717, 1.165) is 16.9 Å². The maximum atomic E-state index is 13.1. The van der Waals surface area contributed by atoms with Crippen molar-refractivity contribution >= 4 is 28.7 Å². The van der Waals surface area contributed by atoms with E-state index in [1.807, 2.05) is 51.2 Å². The molecule has 10 nitrogen and oxygen atoms in total. The van der Waals surface area contributed by atoms with Crippen LogP contribution in [0.2, 0.25) is 0 Å². The zero-order valence-electron chi connectivity index (χ0n) is 24.3. The van der Waals surface area contributed by atoms with Gasteiger partial charge in [0.25, 0.3) is 0 Å².